The average Bonchev–Trinajstić information content (AvgIpc) is 1.64. The summed E-state index contributed by atoms with van der Waals surface area (Å²) in [5, 5.41) is 0. The molecule has 0 aromatic heterocycles. The number of hydrogen-bond acceptors (Lipinski definition) is 6. The molecule has 0 saturated heterocycles. The summed E-state index contributed by atoms with van der Waals surface area (Å²) in [6.45, 7) is 0. The van der Waals surface area contributed by atoms with Gasteiger partial charge >= 0.3 is 98.6 Å². The maximum Gasteiger partial charge on any atom is 2.00 e. The zero-order chi connectivity index (χ0) is 15.4. The second-order valence-corrected chi connectivity index (χ2v) is 7.36. The summed E-state index contributed by atoms with van der Waals surface area (Å²) < 4.78 is 44.4. The third-order valence-corrected chi connectivity index (χ3v) is 3.83. The molecule has 0 rings (SSSR count). The van der Waals surface area contributed by atoms with Crippen molar-refractivity contribution in [3.63, 3.8) is 0 Å². The van der Waals surface area contributed by atoms with Gasteiger partial charge in [0, 0.05) is 0 Å². The molecular formula is H11CaNaO14P4. The van der Waals surface area contributed by atoms with Crippen molar-refractivity contribution in [2.24, 2.45) is 0 Å². The first-order valence-corrected chi connectivity index (χ1v) is 9.18. The molecule has 0 aliphatic rings. The van der Waals surface area contributed by atoms with Gasteiger partial charge in [-0.1, -0.05) is 0 Å². The normalized spacial score (nSPS) is 12.4. The molecule has 0 heterocycles. The van der Waals surface area contributed by atoms with Crippen molar-refractivity contribution in [3.8, 4) is 0 Å². The molecule has 0 aromatic carbocycles. The Balaban J connectivity index is -0.0000000366. The number of hydrogen-bond donors (Lipinski definition) is 8. The Morgan fingerprint density at radius 1 is 0.550 bits per heavy atom. The van der Waals surface area contributed by atoms with Crippen LogP contribution in [-0.4, -0.2) is 76.9 Å². The molecule has 0 saturated carbocycles. The van der Waals surface area contributed by atoms with E-state index in [2.05, 4.69) is 8.62 Å². The molecular weight excluding hydrogens is 411 g/mol. The minimum absolute atomic E-state index is 0. The summed E-state index contributed by atoms with van der Waals surface area (Å²) in [6.07, 6.45) is 0. The predicted molar refractivity (Wildman–Crippen MR) is 59.4 cm³/mol. The van der Waals surface area contributed by atoms with Crippen LogP contribution >= 0.6 is 31.3 Å². The van der Waals surface area contributed by atoms with E-state index in [9.17, 15) is 18.3 Å². The van der Waals surface area contributed by atoms with Gasteiger partial charge in [0.2, 0.25) is 0 Å². The maximum absolute atomic E-state index is 9.63. The van der Waals surface area contributed by atoms with Crippen molar-refractivity contribution in [1.29, 1.82) is 0 Å². The summed E-state index contributed by atoms with van der Waals surface area (Å²) in [6, 6.07) is 0. The summed E-state index contributed by atoms with van der Waals surface area (Å²) in [4.78, 5) is 62.0. The molecule has 14 nitrogen and oxygen atoms in total. The van der Waals surface area contributed by atoms with Gasteiger partial charge in [-0.05, 0) is 0 Å². The van der Waals surface area contributed by atoms with Crippen LogP contribution in [0.15, 0.2) is 0 Å². The Kier molecular flexibility index (Phi) is 17.4. The van der Waals surface area contributed by atoms with E-state index in [1.54, 1.807) is 0 Å². The fourth-order valence-electron chi connectivity index (χ4n) is 0.277. The van der Waals surface area contributed by atoms with Crippen LogP contribution in [0.1, 0.15) is 4.28 Å². The fraction of sp³-hybridized carbons (Fsp3) is 0. The second-order valence-electron chi connectivity index (χ2n) is 2.13. The van der Waals surface area contributed by atoms with Crippen LogP contribution in [0.3, 0.4) is 0 Å². The molecule has 20 heteroatoms. The van der Waals surface area contributed by atoms with Gasteiger partial charge in [0.1, 0.15) is 0 Å². The predicted octanol–water partition coefficient (Wildman–Crippen LogP) is -4.66. The maximum atomic E-state index is 9.63. The molecule has 0 bridgehead atoms. The molecule has 118 valence electrons. The van der Waals surface area contributed by atoms with Crippen LogP contribution < -0.4 is 29.6 Å². The van der Waals surface area contributed by atoms with E-state index in [0.717, 1.165) is 0 Å². The zero-order valence-electron chi connectivity index (χ0n) is 12.5. The van der Waals surface area contributed by atoms with Gasteiger partial charge in [0.25, 0.3) is 0 Å². The Morgan fingerprint density at radius 2 is 0.650 bits per heavy atom. The monoisotopic (exact) mass is 422 g/mol. The van der Waals surface area contributed by atoms with Crippen LogP contribution in [0.25, 0.3) is 0 Å². The van der Waals surface area contributed by atoms with E-state index in [1.807, 2.05) is 0 Å². The SMILES string of the molecule is O=P(O)(O)OP(=O)(O)O.O=P(O)(O)OP(=O)(O)O.[Ca+2].[H-].[H-].[H-].[Na+]. The molecule has 0 radical (unpaired) electrons. The molecule has 0 aliphatic heterocycles. The van der Waals surface area contributed by atoms with Crippen LogP contribution in [0.5, 0.6) is 0 Å². The number of rotatable bonds is 4. The van der Waals surface area contributed by atoms with Crippen LogP contribution in [0, 0.1) is 0 Å². The summed E-state index contributed by atoms with van der Waals surface area (Å²) in [5.41, 5.74) is 0. The molecule has 0 aromatic rings. The van der Waals surface area contributed by atoms with Gasteiger partial charge in [0.05, 0.1) is 0 Å². The molecule has 0 fully saturated rings. The smallest absolute Gasteiger partial charge is 1.00 e. The van der Waals surface area contributed by atoms with Gasteiger partial charge in [-0.15, -0.1) is 0 Å². The first kappa shape index (κ1) is 30.6. The van der Waals surface area contributed by atoms with Gasteiger partial charge in [-0.25, -0.2) is 18.3 Å². The first-order valence-electron chi connectivity index (χ1n) is 3.06. The third-order valence-electron chi connectivity index (χ3n) is 0.425. The summed E-state index contributed by atoms with van der Waals surface area (Å²) >= 11 is 0. The van der Waals surface area contributed by atoms with Crippen molar-refractivity contribution in [3.05, 3.63) is 0 Å². The topological polar surface area (TPSA) is 249 Å². The quantitative estimate of drug-likeness (QED) is 0.157. The van der Waals surface area contributed by atoms with Crippen molar-refractivity contribution < 1.29 is 99.9 Å². The van der Waals surface area contributed by atoms with Gasteiger partial charge in [-0.2, -0.15) is 8.62 Å². The van der Waals surface area contributed by atoms with Crippen molar-refractivity contribution >= 4 is 69.0 Å². The Bertz CT molecular complexity index is 361. The molecule has 20 heavy (non-hydrogen) atoms. The Morgan fingerprint density at radius 3 is 0.650 bits per heavy atom. The minimum Gasteiger partial charge on any atom is -1.00 e. The molecule has 0 spiro atoms. The Labute approximate surface area is 167 Å². The average molecular weight is 422 g/mol. The second kappa shape index (κ2) is 11.4. The van der Waals surface area contributed by atoms with E-state index in [4.69, 9.17) is 39.1 Å². The largest absolute Gasteiger partial charge is 2.00 e. The van der Waals surface area contributed by atoms with Gasteiger partial charge in [0.15, 0.2) is 0 Å². The van der Waals surface area contributed by atoms with E-state index in [1.165, 1.54) is 0 Å². The fourth-order valence-corrected chi connectivity index (χ4v) is 2.49. The van der Waals surface area contributed by atoms with Crippen molar-refractivity contribution in [1.82, 2.24) is 0 Å². The third kappa shape index (κ3) is 37.2. The van der Waals surface area contributed by atoms with E-state index in [-0.39, 0.29) is 71.6 Å². The van der Waals surface area contributed by atoms with Gasteiger partial charge in [-0.3, -0.25) is 0 Å². The van der Waals surface area contributed by atoms with Crippen molar-refractivity contribution in [2.45, 2.75) is 0 Å². The van der Waals surface area contributed by atoms with E-state index >= 15 is 0 Å². The Hall–Kier alpha value is 2.78. The zero-order valence-corrected chi connectivity index (χ0v) is 17.3. The summed E-state index contributed by atoms with van der Waals surface area (Å²) in [5.74, 6) is 0. The first-order chi connectivity index (χ1) is 7.41. The van der Waals surface area contributed by atoms with Gasteiger partial charge < -0.3 is 43.4 Å². The van der Waals surface area contributed by atoms with Crippen LogP contribution in [0.4, 0.5) is 0 Å². The minimum atomic E-state index is -5.05. The van der Waals surface area contributed by atoms with Crippen LogP contribution in [-0.2, 0) is 26.9 Å². The molecule has 8 N–H and O–H groups in total. The molecule has 0 unspecified atom stereocenters. The molecule has 0 amide bonds. The van der Waals surface area contributed by atoms with E-state index in [0.29, 0.717) is 0 Å². The molecule has 0 aliphatic carbocycles. The molecule has 0 atom stereocenters. The van der Waals surface area contributed by atoms with Crippen molar-refractivity contribution in [2.75, 3.05) is 0 Å². The number of phosphoric acid groups is 4. The standard InChI is InChI=1S/Ca.Na.2H4O7P2.3H/c;;2*1-8(2,3)7-9(4,5)6;;;/h;;2*(H2,1,2,3)(H2,4,5,6);;;/q+2;+1;;;3*-1. The van der Waals surface area contributed by atoms with Crippen LogP contribution in [0.2, 0.25) is 0 Å². The van der Waals surface area contributed by atoms with E-state index < -0.39 is 31.3 Å². The summed E-state index contributed by atoms with van der Waals surface area (Å²) in [7, 11) is -20.2.